The number of anilines is 1. The van der Waals surface area contributed by atoms with Gasteiger partial charge in [-0.1, -0.05) is 0 Å². The average Bonchev–Trinajstić information content (AvgIpc) is 2.89. The quantitative estimate of drug-likeness (QED) is 0.706. The second-order valence-electron chi connectivity index (χ2n) is 4.37. The van der Waals surface area contributed by atoms with Crippen molar-refractivity contribution in [3.8, 4) is 17.1 Å². The number of hydrogen-bond donors (Lipinski definition) is 2. The first-order valence-electron chi connectivity index (χ1n) is 6.08. The Morgan fingerprint density at radius 1 is 1.33 bits per heavy atom. The highest BCUT2D eigenvalue weighted by Crippen LogP contribution is 2.31. The molecule has 8 heteroatoms. The standard InChI is InChI=1S/C13H13N5O2S/c1-20-10-5-7(21(2)19)3-4-8(10)11-16-9-6-15-13(14)18-12(9)17-11/h3-6H,1-2H3,(H3,14,15,16,17,18). The van der Waals surface area contributed by atoms with Crippen LogP contribution in [0.25, 0.3) is 22.6 Å². The van der Waals surface area contributed by atoms with E-state index in [1.807, 2.05) is 6.07 Å². The van der Waals surface area contributed by atoms with Crippen LogP contribution in [-0.4, -0.2) is 37.9 Å². The van der Waals surface area contributed by atoms with Crippen molar-refractivity contribution in [3.05, 3.63) is 24.4 Å². The second-order valence-corrected chi connectivity index (χ2v) is 5.75. The summed E-state index contributed by atoms with van der Waals surface area (Å²) in [5.41, 5.74) is 7.47. The number of fused-ring (bicyclic) bond motifs is 1. The monoisotopic (exact) mass is 303 g/mol. The summed E-state index contributed by atoms with van der Waals surface area (Å²) >= 11 is -1.07. The molecule has 1 aromatic carbocycles. The third-order valence-electron chi connectivity index (χ3n) is 3.02. The first-order valence-corrected chi connectivity index (χ1v) is 7.64. The fraction of sp³-hybridized carbons (Fsp3) is 0.154. The van der Waals surface area contributed by atoms with Crippen LogP contribution in [0.1, 0.15) is 0 Å². The minimum atomic E-state index is -1.07. The van der Waals surface area contributed by atoms with E-state index in [4.69, 9.17) is 10.5 Å². The molecule has 0 radical (unpaired) electrons. The Labute approximate surface area is 123 Å². The summed E-state index contributed by atoms with van der Waals surface area (Å²) < 4.78 is 16.9. The minimum Gasteiger partial charge on any atom is -0.612 e. The number of H-pyrrole nitrogens is 1. The molecule has 0 aliphatic heterocycles. The summed E-state index contributed by atoms with van der Waals surface area (Å²) in [6, 6.07) is 5.32. The molecule has 0 fully saturated rings. The lowest BCUT2D eigenvalue weighted by atomic mass is 10.2. The van der Waals surface area contributed by atoms with Crippen molar-refractivity contribution < 1.29 is 9.29 Å². The number of nitrogens with one attached hydrogen (secondary N) is 1. The molecule has 3 rings (SSSR count). The van der Waals surface area contributed by atoms with Crippen molar-refractivity contribution in [1.29, 1.82) is 0 Å². The van der Waals surface area contributed by atoms with Crippen LogP contribution in [0.5, 0.6) is 5.75 Å². The largest absolute Gasteiger partial charge is 0.612 e. The van der Waals surface area contributed by atoms with E-state index in [2.05, 4.69) is 19.9 Å². The van der Waals surface area contributed by atoms with Gasteiger partial charge in [0.1, 0.15) is 23.3 Å². The first kappa shape index (κ1) is 13.7. The number of hydrogen-bond acceptors (Lipinski definition) is 6. The number of aromatic nitrogens is 4. The van der Waals surface area contributed by atoms with E-state index in [1.54, 1.807) is 31.7 Å². The van der Waals surface area contributed by atoms with Crippen LogP contribution in [0, 0.1) is 0 Å². The van der Waals surface area contributed by atoms with Crippen LogP contribution in [-0.2, 0) is 11.2 Å². The number of nitrogens with zero attached hydrogens (tertiary/aromatic N) is 3. The van der Waals surface area contributed by atoms with Crippen LogP contribution in [0.2, 0.25) is 0 Å². The summed E-state index contributed by atoms with van der Waals surface area (Å²) in [6.07, 6.45) is 3.20. The van der Waals surface area contributed by atoms with Gasteiger partial charge >= 0.3 is 0 Å². The molecule has 0 bridgehead atoms. The van der Waals surface area contributed by atoms with Gasteiger partial charge < -0.3 is 20.0 Å². The highest BCUT2D eigenvalue weighted by atomic mass is 32.2. The van der Waals surface area contributed by atoms with Crippen LogP contribution in [0.15, 0.2) is 29.3 Å². The van der Waals surface area contributed by atoms with Crippen LogP contribution >= 0.6 is 0 Å². The predicted octanol–water partition coefficient (Wildman–Crippen LogP) is 1.35. The Morgan fingerprint density at radius 2 is 2.14 bits per heavy atom. The van der Waals surface area contributed by atoms with Gasteiger partial charge in [0.05, 0.1) is 18.9 Å². The zero-order valence-electron chi connectivity index (χ0n) is 11.5. The molecule has 1 atom stereocenters. The molecule has 0 spiro atoms. The SMILES string of the molecule is COc1cc([S+](C)[O-])ccc1-c1nc2nc(N)ncc2[nH]1. The number of nitrogens with two attached hydrogens (primary N) is 1. The Morgan fingerprint density at radius 3 is 2.86 bits per heavy atom. The Hall–Kier alpha value is -2.32. The predicted molar refractivity (Wildman–Crippen MR) is 80.4 cm³/mol. The van der Waals surface area contributed by atoms with E-state index in [-0.39, 0.29) is 5.95 Å². The van der Waals surface area contributed by atoms with Crippen molar-refractivity contribution in [2.45, 2.75) is 4.90 Å². The average molecular weight is 303 g/mol. The topological polar surface area (TPSA) is 113 Å². The second kappa shape index (κ2) is 5.23. The normalized spacial score (nSPS) is 12.5. The first-order chi connectivity index (χ1) is 10.1. The number of rotatable bonds is 3. The molecule has 1 unspecified atom stereocenters. The maximum Gasteiger partial charge on any atom is 0.222 e. The Bertz CT molecular complexity index is 802. The van der Waals surface area contributed by atoms with Crippen molar-refractivity contribution in [2.75, 3.05) is 19.1 Å². The van der Waals surface area contributed by atoms with Crippen molar-refractivity contribution in [2.24, 2.45) is 0 Å². The molecule has 0 aliphatic carbocycles. The maximum atomic E-state index is 11.5. The lowest BCUT2D eigenvalue weighted by Crippen LogP contribution is -1.99. The van der Waals surface area contributed by atoms with E-state index in [0.29, 0.717) is 27.6 Å². The van der Waals surface area contributed by atoms with E-state index in [0.717, 1.165) is 5.56 Å². The molecular formula is C13H13N5O2S. The van der Waals surface area contributed by atoms with Crippen LogP contribution < -0.4 is 10.5 Å². The zero-order chi connectivity index (χ0) is 15.0. The molecule has 108 valence electrons. The van der Waals surface area contributed by atoms with Gasteiger partial charge in [-0.15, -0.1) is 0 Å². The highest BCUT2D eigenvalue weighted by Gasteiger charge is 2.15. The fourth-order valence-electron chi connectivity index (χ4n) is 1.99. The Balaban J connectivity index is 2.13. The van der Waals surface area contributed by atoms with Gasteiger partial charge in [0.15, 0.2) is 10.5 Å². The van der Waals surface area contributed by atoms with Gasteiger partial charge in [0, 0.05) is 6.07 Å². The fourth-order valence-corrected chi connectivity index (χ4v) is 2.53. The number of ether oxygens (including phenoxy) is 1. The molecular weight excluding hydrogens is 290 g/mol. The third kappa shape index (κ3) is 2.50. The zero-order valence-corrected chi connectivity index (χ0v) is 12.3. The van der Waals surface area contributed by atoms with Gasteiger partial charge in [0.2, 0.25) is 5.95 Å². The van der Waals surface area contributed by atoms with E-state index >= 15 is 0 Å². The molecule has 0 saturated heterocycles. The number of methoxy groups -OCH3 is 1. The Kier molecular flexibility index (Phi) is 3.40. The van der Waals surface area contributed by atoms with Gasteiger partial charge in [-0.2, -0.15) is 4.98 Å². The van der Waals surface area contributed by atoms with Crippen molar-refractivity contribution in [1.82, 2.24) is 19.9 Å². The molecule has 2 heterocycles. The molecule has 2 aromatic heterocycles. The number of nitrogen functional groups attached to an aromatic ring is 1. The van der Waals surface area contributed by atoms with Crippen LogP contribution in [0.3, 0.4) is 0 Å². The summed E-state index contributed by atoms with van der Waals surface area (Å²) in [7, 11) is 1.56. The number of aromatic amines is 1. The lowest BCUT2D eigenvalue weighted by molar-refractivity contribution is 0.415. The minimum absolute atomic E-state index is 0.171. The molecule has 0 aliphatic rings. The van der Waals surface area contributed by atoms with Gasteiger partial charge in [-0.05, 0) is 23.3 Å². The number of imidazole rings is 1. The van der Waals surface area contributed by atoms with Gasteiger partial charge in [0.25, 0.3) is 0 Å². The van der Waals surface area contributed by atoms with Crippen molar-refractivity contribution in [3.63, 3.8) is 0 Å². The summed E-state index contributed by atoms with van der Waals surface area (Å²) in [5.74, 6) is 1.35. The van der Waals surface area contributed by atoms with Crippen LogP contribution in [0.4, 0.5) is 5.95 Å². The summed E-state index contributed by atoms with van der Waals surface area (Å²) in [5, 5.41) is 0. The number of benzene rings is 1. The van der Waals surface area contributed by atoms with Gasteiger partial charge in [-0.25, -0.2) is 9.97 Å². The van der Waals surface area contributed by atoms with Crippen molar-refractivity contribution >= 4 is 28.3 Å². The smallest absolute Gasteiger partial charge is 0.222 e. The third-order valence-corrected chi connectivity index (χ3v) is 3.94. The van der Waals surface area contributed by atoms with E-state index in [1.165, 1.54) is 0 Å². The molecule has 0 saturated carbocycles. The molecule has 3 aromatic rings. The summed E-state index contributed by atoms with van der Waals surface area (Å²) in [6.45, 7) is 0. The molecule has 7 nitrogen and oxygen atoms in total. The van der Waals surface area contributed by atoms with Gasteiger partial charge in [-0.3, -0.25) is 0 Å². The molecule has 3 N–H and O–H groups in total. The molecule has 0 amide bonds. The van der Waals surface area contributed by atoms with E-state index in [9.17, 15) is 4.55 Å². The lowest BCUT2D eigenvalue weighted by Gasteiger charge is -2.09. The summed E-state index contributed by atoms with van der Waals surface area (Å²) in [4.78, 5) is 16.2. The van der Waals surface area contributed by atoms with E-state index < -0.39 is 11.2 Å². The highest BCUT2D eigenvalue weighted by molar-refractivity contribution is 7.90. The maximum absolute atomic E-state index is 11.5. The molecule has 21 heavy (non-hydrogen) atoms.